The van der Waals surface area contributed by atoms with Crippen LogP contribution < -0.4 is 5.32 Å². The van der Waals surface area contributed by atoms with E-state index in [0.29, 0.717) is 5.56 Å². The van der Waals surface area contributed by atoms with Crippen LogP contribution in [0.5, 0.6) is 0 Å². The first-order valence-corrected chi connectivity index (χ1v) is 6.29. The van der Waals surface area contributed by atoms with Crippen molar-refractivity contribution in [3.8, 4) is 6.07 Å². The van der Waals surface area contributed by atoms with Crippen molar-refractivity contribution in [2.45, 2.75) is 0 Å². The van der Waals surface area contributed by atoms with Crippen molar-refractivity contribution in [2.24, 2.45) is 0 Å². The van der Waals surface area contributed by atoms with E-state index in [9.17, 15) is 0 Å². The molecular weight excluding hydrogens is 226 g/mol. The Kier molecular flexibility index (Phi) is 4.51. The van der Waals surface area contributed by atoms with Crippen LogP contribution >= 0.6 is 0 Å². The van der Waals surface area contributed by atoms with E-state index in [-0.39, 0.29) is 0 Å². The molecule has 1 fully saturated rings. The minimum atomic E-state index is 0.645. The van der Waals surface area contributed by atoms with Gasteiger partial charge in [-0.25, -0.2) is 4.98 Å². The minimum absolute atomic E-state index is 0.645. The fraction of sp³-hybridized carbons (Fsp3) is 0.538. The summed E-state index contributed by atoms with van der Waals surface area (Å²) in [5, 5.41) is 12.1. The third-order valence-electron chi connectivity index (χ3n) is 3.22. The van der Waals surface area contributed by atoms with Crippen molar-refractivity contribution in [3.05, 3.63) is 23.9 Å². The Labute approximate surface area is 108 Å². The Bertz CT molecular complexity index is 418. The van der Waals surface area contributed by atoms with Crippen molar-refractivity contribution in [2.75, 3.05) is 51.6 Å². The van der Waals surface area contributed by atoms with Crippen molar-refractivity contribution in [3.63, 3.8) is 0 Å². The summed E-state index contributed by atoms with van der Waals surface area (Å²) in [5.41, 5.74) is 0.645. The van der Waals surface area contributed by atoms with Gasteiger partial charge < -0.3 is 10.2 Å². The number of hydrogen-bond donors (Lipinski definition) is 1. The molecule has 2 heterocycles. The SMILES string of the molecule is CN1CCN(CCNc2cc(C#N)ccn2)CC1. The summed E-state index contributed by atoms with van der Waals surface area (Å²) in [7, 11) is 2.16. The zero-order valence-corrected chi connectivity index (χ0v) is 10.8. The van der Waals surface area contributed by atoms with Crippen LogP contribution in [0.25, 0.3) is 0 Å². The predicted molar refractivity (Wildman–Crippen MR) is 71.4 cm³/mol. The second kappa shape index (κ2) is 6.34. The summed E-state index contributed by atoms with van der Waals surface area (Å²) in [5.74, 6) is 0.781. The van der Waals surface area contributed by atoms with E-state index in [1.807, 2.05) is 0 Å². The molecule has 0 aromatic carbocycles. The van der Waals surface area contributed by atoms with E-state index < -0.39 is 0 Å². The molecule has 2 rings (SSSR count). The number of piperazine rings is 1. The van der Waals surface area contributed by atoms with Gasteiger partial charge in [-0.05, 0) is 19.2 Å². The van der Waals surface area contributed by atoms with Crippen LogP contribution in [0.3, 0.4) is 0 Å². The molecular formula is C13H19N5. The van der Waals surface area contributed by atoms with Gasteiger partial charge in [0.25, 0.3) is 0 Å². The lowest BCUT2D eigenvalue weighted by Crippen LogP contribution is -2.45. The van der Waals surface area contributed by atoms with Crippen molar-refractivity contribution in [1.29, 1.82) is 5.26 Å². The van der Waals surface area contributed by atoms with E-state index >= 15 is 0 Å². The topological polar surface area (TPSA) is 55.2 Å². The van der Waals surface area contributed by atoms with Crippen molar-refractivity contribution < 1.29 is 0 Å². The third kappa shape index (κ3) is 3.69. The van der Waals surface area contributed by atoms with E-state index in [2.05, 4.69) is 33.2 Å². The molecule has 0 amide bonds. The Morgan fingerprint density at radius 2 is 2.17 bits per heavy atom. The van der Waals surface area contributed by atoms with Crippen LogP contribution in [0.1, 0.15) is 5.56 Å². The summed E-state index contributed by atoms with van der Waals surface area (Å²) in [4.78, 5) is 8.99. The first-order valence-electron chi connectivity index (χ1n) is 6.29. The summed E-state index contributed by atoms with van der Waals surface area (Å²) in [6.45, 7) is 6.43. The summed E-state index contributed by atoms with van der Waals surface area (Å²) < 4.78 is 0. The summed E-state index contributed by atoms with van der Waals surface area (Å²) >= 11 is 0. The second-order valence-electron chi connectivity index (χ2n) is 4.61. The highest BCUT2D eigenvalue weighted by Gasteiger charge is 2.12. The van der Waals surface area contributed by atoms with Gasteiger partial charge in [0.2, 0.25) is 0 Å². The number of rotatable bonds is 4. The van der Waals surface area contributed by atoms with Crippen LogP contribution in [0, 0.1) is 11.3 Å². The number of nitrogens with one attached hydrogen (secondary N) is 1. The fourth-order valence-corrected chi connectivity index (χ4v) is 2.01. The quantitative estimate of drug-likeness (QED) is 0.842. The third-order valence-corrected chi connectivity index (χ3v) is 3.22. The molecule has 0 aliphatic carbocycles. The maximum absolute atomic E-state index is 8.80. The van der Waals surface area contributed by atoms with Gasteiger partial charge >= 0.3 is 0 Å². The van der Waals surface area contributed by atoms with Crippen LogP contribution in [0.15, 0.2) is 18.3 Å². The number of nitrogens with zero attached hydrogens (tertiary/aromatic N) is 4. The van der Waals surface area contributed by atoms with E-state index in [0.717, 1.165) is 45.1 Å². The highest BCUT2D eigenvalue weighted by Crippen LogP contribution is 2.05. The maximum Gasteiger partial charge on any atom is 0.127 e. The normalized spacial score (nSPS) is 17.3. The molecule has 0 atom stereocenters. The molecule has 0 bridgehead atoms. The van der Waals surface area contributed by atoms with Crippen LogP contribution in [0.4, 0.5) is 5.82 Å². The molecule has 18 heavy (non-hydrogen) atoms. The van der Waals surface area contributed by atoms with Gasteiger partial charge in [0.15, 0.2) is 0 Å². The molecule has 1 aromatic rings. The molecule has 0 saturated carbocycles. The van der Waals surface area contributed by atoms with Gasteiger partial charge in [-0.2, -0.15) is 5.26 Å². The molecule has 5 heteroatoms. The predicted octanol–water partition coefficient (Wildman–Crippen LogP) is 0.613. The molecule has 0 unspecified atom stereocenters. The van der Waals surface area contributed by atoms with E-state index in [1.165, 1.54) is 0 Å². The fourth-order valence-electron chi connectivity index (χ4n) is 2.01. The van der Waals surface area contributed by atoms with Crippen LogP contribution in [0.2, 0.25) is 0 Å². The van der Waals surface area contributed by atoms with E-state index in [1.54, 1.807) is 18.3 Å². The van der Waals surface area contributed by atoms with Crippen molar-refractivity contribution in [1.82, 2.24) is 14.8 Å². The molecule has 5 nitrogen and oxygen atoms in total. The first-order chi connectivity index (χ1) is 8.78. The van der Waals surface area contributed by atoms with Gasteiger partial charge in [-0.15, -0.1) is 0 Å². The number of anilines is 1. The minimum Gasteiger partial charge on any atom is -0.369 e. The average molecular weight is 245 g/mol. The molecule has 1 aliphatic rings. The zero-order chi connectivity index (χ0) is 12.8. The molecule has 0 radical (unpaired) electrons. The lowest BCUT2D eigenvalue weighted by atomic mass is 10.3. The lowest BCUT2D eigenvalue weighted by molar-refractivity contribution is 0.158. The maximum atomic E-state index is 8.80. The molecule has 1 N–H and O–H groups in total. The van der Waals surface area contributed by atoms with Gasteiger partial charge in [0.05, 0.1) is 11.6 Å². The lowest BCUT2D eigenvalue weighted by Gasteiger charge is -2.32. The number of pyridine rings is 1. The Morgan fingerprint density at radius 1 is 1.39 bits per heavy atom. The highest BCUT2D eigenvalue weighted by molar-refractivity contribution is 5.42. The number of likely N-dealkylation sites (N-methyl/N-ethyl adjacent to an activating group) is 1. The van der Waals surface area contributed by atoms with Crippen LogP contribution in [-0.2, 0) is 0 Å². The average Bonchev–Trinajstić information content (AvgIpc) is 2.41. The Hall–Kier alpha value is -1.64. The Morgan fingerprint density at radius 3 is 2.89 bits per heavy atom. The molecule has 1 saturated heterocycles. The standard InChI is InChI=1S/C13H19N5/c1-17-6-8-18(9-7-17)5-4-16-13-10-12(11-14)2-3-15-13/h2-3,10H,4-9H2,1H3,(H,15,16). The molecule has 96 valence electrons. The summed E-state index contributed by atoms with van der Waals surface area (Å²) in [6, 6.07) is 5.61. The molecule has 1 aromatic heterocycles. The monoisotopic (exact) mass is 245 g/mol. The number of hydrogen-bond acceptors (Lipinski definition) is 5. The largest absolute Gasteiger partial charge is 0.369 e. The smallest absolute Gasteiger partial charge is 0.127 e. The first kappa shape index (κ1) is 12.8. The second-order valence-corrected chi connectivity index (χ2v) is 4.61. The number of aromatic nitrogens is 1. The van der Waals surface area contributed by atoms with Crippen LogP contribution in [-0.4, -0.2) is 61.1 Å². The van der Waals surface area contributed by atoms with E-state index in [4.69, 9.17) is 5.26 Å². The molecule has 1 aliphatic heterocycles. The molecule has 0 spiro atoms. The summed E-state index contributed by atoms with van der Waals surface area (Å²) in [6.07, 6.45) is 1.66. The zero-order valence-electron chi connectivity index (χ0n) is 10.8. The van der Waals surface area contributed by atoms with Gasteiger partial charge in [0, 0.05) is 45.5 Å². The number of nitriles is 1. The van der Waals surface area contributed by atoms with Crippen molar-refractivity contribution >= 4 is 5.82 Å². The highest BCUT2D eigenvalue weighted by atomic mass is 15.2. The van der Waals surface area contributed by atoms with Gasteiger partial charge in [0.1, 0.15) is 5.82 Å². The Balaban J connectivity index is 1.73. The van der Waals surface area contributed by atoms with Gasteiger partial charge in [-0.1, -0.05) is 0 Å². The van der Waals surface area contributed by atoms with Gasteiger partial charge in [-0.3, -0.25) is 4.90 Å².